The quantitative estimate of drug-likeness (QED) is 0.314. The zero-order chi connectivity index (χ0) is 22.2. The molecule has 1 amide bonds. The van der Waals surface area contributed by atoms with Crippen LogP contribution in [-0.4, -0.2) is 87.1 Å². The highest BCUT2D eigenvalue weighted by atomic mass is 127. The first-order chi connectivity index (χ1) is 15.7. The van der Waals surface area contributed by atoms with Crippen LogP contribution in [0.15, 0.2) is 35.3 Å². The summed E-state index contributed by atoms with van der Waals surface area (Å²) in [6, 6.07) is 11.1. The van der Waals surface area contributed by atoms with Crippen LogP contribution >= 0.6 is 24.0 Å². The summed E-state index contributed by atoms with van der Waals surface area (Å²) in [5, 5.41) is 7.12. The summed E-state index contributed by atoms with van der Waals surface area (Å²) in [5.74, 6) is 1.59. The van der Waals surface area contributed by atoms with Gasteiger partial charge in [0.25, 0.3) is 0 Å². The fourth-order valence-corrected chi connectivity index (χ4v) is 5.31. The number of nitrogens with zero attached hydrogens (tertiary/aromatic N) is 4. The number of benzene rings is 1. The molecule has 1 aromatic carbocycles. The smallest absolute Gasteiger partial charge is 0.225 e. The topological polar surface area (TPSA) is 63.2 Å². The second-order valence-corrected chi connectivity index (χ2v) is 9.41. The Balaban J connectivity index is 0.00000306. The molecule has 1 unspecified atom stereocenters. The fourth-order valence-electron chi connectivity index (χ4n) is 5.31. The molecule has 2 aliphatic heterocycles. The average Bonchev–Trinajstić information content (AvgIpc) is 3.39. The van der Waals surface area contributed by atoms with Gasteiger partial charge in [0.05, 0.1) is 0 Å². The van der Waals surface area contributed by atoms with Crippen LogP contribution in [-0.2, 0) is 4.79 Å². The van der Waals surface area contributed by atoms with Crippen molar-refractivity contribution in [2.45, 2.75) is 44.6 Å². The second-order valence-electron chi connectivity index (χ2n) is 9.41. The molecule has 0 spiro atoms. The number of hydrogen-bond acceptors (Lipinski definition) is 4. The summed E-state index contributed by atoms with van der Waals surface area (Å²) in [7, 11) is 1.85. The Bertz CT molecular complexity index is 747. The van der Waals surface area contributed by atoms with Gasteiger partial charge in [-0.3, -0.25) is 14.7 Å². The lowest BCUT2D eigenvalue weighted by Gasteiger charge is -2.36. The number of piperazine rings is 1. The van der Waals surface area contributed by atoms with E-state index in [9.17, 15) is 4.79 Å². The Labute approximate surface area is 216 Å². The van der Waals surface area contributed by atoms with Gasteiger partial charge in [0.2, 0.25) is 5.91 Å². The molecular weight excluding hydrogens is 527 g/mol. The molecule has 1 aromatic rings. The van der Waals surface area contributed by atoms with Gasteiger partial charge in [0.1, 0.15) is 0 Å². The summed E-state index contributed by atoms with van der Waals surface area (Å²) < 4.78 is 0. The van der Waals surface area contributed by atoms with Crippen LogP contribution in [0.1, 0.15) is 38.5 Å². The Hall–Kier alpha value is -1.55. The molecule has 4 rings (SSSR count). The van der Waals surface area contributed by atoms with Crippen molar-refractivity contribution in [1.29, 1.82) is 0 Å². The van der Waals surface area contributed by atoms with Crippen LogP contribution in [0.2, 0.25) is 0 Å². The highest BCUT2D eigenvalue weighted by Gasteiger charge is 2.29. The molecule has 1 saturated carbocycles. The number of carbonyl (C=O) groups excluding carboxylic acids is 1. The van der Waals surface area contributed by atoms with Gasteiger partial charge in [0, 0.05) is 77.1 Å². The number of guanidine groups is 1. The number of aliphatic imine (C=N–C) groups is 1. The number of rotatable bonds is 6. The Kier molecular flexibility index (Phi) is 10.6. The lowest BCUT2D eigenvalue weighted by molar-refractivity contribution is -0.137. The molecule has 184 valence electrons. The SMILES string of the molecule is CN=C(NCCN1CCN(C(=O)C2CCCC2)CC1)NC1CCCN(c2ccccc2)C1.I. The number of para-hydroxylation sites is 1. The normalized spacial score (nSPS) is 22.7. The van der Waals surface area contributed by atoms with Gasteiger partial charge in [0.15, 0.2) is 5.96 Å². The maximum absolute atomic E-state index is 12.6. The van der Waals surface area contributed by atoms with Crippen LogP contribution in [0.25, 0.3) is 0 Å². The zero-order valence-corrected chi connectivity index (χ0v) is 22.4. The van der Waals surface area contributed by atoms with Crippen molar-refractivity contribution in [3.63, 3.8) is 0 Å². The van der Waals surface area contributed by atoms with E-state index in [2.05, 4.69) is 60.7 Å². The summed E-state index contributed by atoms with van der Waals surface area (Å²) in [6.07, 6.45) is 7.00. The van der Waals surface area contributed by atoms with Crippen LogP contribution in [0, 0.1) is 5.92 Å². The van der Waals surface area contributed by atoms with Crippen LogP contribution in [0.4, 0.5) is 5.69 Å². The Morgan fingerprint density at radius 3 is 2.42 bits per heavy atom. The highest BCUT2D eigenvalue weighted by Crippen LogP contribution is 2.27. The molecule has 2 saturated heterocycles. The molecule has 3 fully saturated rings. The van der Waals surface area contributed by atoms with E-state index in [1.807, 2.05) is 7.05 Å². The number of amides is 1. The van der Waals surface area contributed by atoms with Gasteiger partial charge < -0.3 is 20.4 Å². The third-order valence-electron chi connectivity index (χ3n) is 7.22. The van der Waals surface area contributed by atoms with E-state index >= 15 is 0 Å². The number of nitrogens with one attached hydrogen (secondary N) is 2. The number of hydrogen-bond donors (Lipinski definition) is 2. The standard InChI is InChI=1S/C25H40N6O.HI/c1-26-25(28-22-10-7-14-31(20-22)23-11-3-2-4-12-23)27-13-15-29-16-18-30(19-17-29)24(32)21-8-5-6-9-21;/h2-4,11-12,21-22H,5-10,13-20H2,1H3,(H2,26,27,28);1H. The highest BCUT2D eigenvalue weighted by molar-refractivity contribution is 14.0. The molecule has 0 aromatic heterocycles. The molecule has 1 aliphatic carbocycles. The first kappa shape index (κ1) is 26.1. The summed E-state index contributed by atoms with van der Waals surface area (Å²) in [6.45, 7) is 7.66. The molecule has 8 heteroatoms. The van der Waals surface area contributed by atoms with E-state index in [-0.39, 0.29) is 24.0 Å². The van der Waals surface area contributed by atoms with E-state index in [1.165, 1.54) is 31.4 Å². The van der Waals surface area contributed by atoms with E-state index < -0.39 is 0 Å². The lowest BCUT2D eigenvalue weighted by Crippen LogP contribution is -2.53. The van der Waals surface area contributed by atoms with Crippen molar-refractivity contribution in [3.05, 3.63) is 30.3 Å². The zero-order valence-electron chi connectivity index (χ0n) is 20.0. The largest absolute Gasteiger partial charge is 0.369 e. The van der Waals surface area contributed by atoms with Crippen molar-refractivity contribution >= 4 is 41.5 Å². The molecule has 0 bridgehead atoms. The van der Waals surface area contributed by atoms with E-state index in [1.54, 1.807) is 0 Å². The monoisotopic (exact) mass is 568 g/mol. The van der Waals surface area contributed by atoms with Gasteiger partial charge in [-0.25, -0.2) is 0 Å². The van der Waals surface area contributed by atoms with Crippen LogP contribution in [0.5, 0.6) is 0 Å². The van der Waals surface area contributed by atoms with Gasteiger partial charge in [-0.2, -0.15) is 0 Å². The second kappa shape index (κ2) is 13.4. The molecule has 3 aliphatic rings. The molecular formula is C25H41IN6O. The lowest BCUT2D eigenvalue weighted by atomic mass is 10.1. The molecule has 2 N–H and O–H groups in total. The molecule has 33 heavy (non-hydrogen) atoms. The predicted octanol–water partition coefficient (Wildman–Crippen LogP) is 2.77. The van der Waals surface area contributed by atoms with E-state index in [0.29, 0.717) is 17.9 Å². The minimum absolute atomic E-state index is 0. The summed E-state index contributed by atoms with van der Waals surface area (Å²) >= 11 is 0. The van der Waals surface area contributed by atoms with Crippen LogP contribution < -0.4 is 15.5 Å². The minimum Gasteiger partial charge on any atom is -0.369 e. The Morgan fingerprint density at radius 1 is 1.00 bits per heavy atom. The third kappa shape index (κ3) is 7.47. The van der Waals surface area contributed by atoms with Crippen molar-refractivity contribution in [3.8, 4) is 0 Å². The average molecular weight is 569 g/mol. The maximum atomic E-state index is 12.6. The van der Waals surface area contributed by atoms with E-state index in [0.717, 1.165) is 71.2 Å². The molecule has 1 atom stereocenters. The van der Waals surface area contributed by atoms with Gasteiger partial charge >= 0.3 is 0 Å². The number of halogens is 1. The van der Waals surface area contributed by atoms with Crippen molar-refractivity contribution < 1.29 is 4.79 Å². The first-order valence-corrected chi connectivity index (χ1v) is 12.5. The Morgan fingerprint density at radius 2 is 1.73 bits per heavy atom. The molecule has 2 heterocycles. The number of carbonyl (C=O) groups is 1. The van der Waals surface area contributed by atoms with E-state index in [4.69, 9.17) is 0 Å². The minimum atomic E-state index is 0. The van der Waals surface area contributed by atoms with Crippen molar-refractivity contribution in [2.75, 3.05) is 64.3 Å². The maximum Gasteiger partial charge on any atom is 0.225 e. The number of piperidine rings is 1. The number of anilines is 1. The van der Waals surface area contributed by atoms with Crippen molar-refractivity contribution in [2.24, 2.45) is 10.9 Å². The predicted molar refractivity (Wildman–Crippen MR) is 147 cm³/mol. The third-order valence-corrected chi connectivity index (χ3v) is 7.22. The summed E-state index contributed by atoms with van der Waals surface area (Å²) in [5.41, 5.74) is 1.30. The van der Waals surface area contributed by atoms with Crippen LogP contribution in [0.3, 0.4) is 0 Å². The fraction of sp³-hybridized carbons (Fsp3) is 0.680. The van der Waals surface area contributed by atoms with Crippen molar-refractivity contribution in [1.82, 2.24) is 20.4 Å². The molecule has 7 nitrogen and oxygen atoms in total. The molecule has 0 radical (unpaired) electrons. The van der Waals surface area contributed by atoms with Gasteiger partial charge in [-0.15, -0.1) is 24.0 Å². The van der Waals surface area contributed by atoms with Gasteiger partial charge in [-0.1, -0.05) is 31.0 Å². The first-order valence-electron chi connectivity index (χ1n) is 12.5. The summed E-state index contributed by atoms with van der Waals surface area (Å²) in [4.78, 5) is 24.1. The van der Waals surface area contributed by atoms with Gasteiger partial charge in [-0.05, 0) is 37.8 Å².